The lowest BCUT2D eigenvalue weighted by Crippen LogP contribution is -2.25. The maximum atomic E-state index is 12.9. The van der Waals surface area contributed by atoms with E-state index in [9.17, 15) is 4.39 Å². The number of nitrogens with one attached hydrogen (secondary N) is 2. The van der Waals surface area contributed by atoms with Gasteiger partial charge >= 0.3 is 0 Å². The van der Waals surface area contributed by atoms with Gasteiger partial charge in [0.25, 0.3) is 0 Å². The van der Waals surface area contributed by atoms with Crippen molar-refractivity contribution in [3.05, 3.63) is 29.8 Å². The molecule has 2 aromatic heterocycles. The highest BCUT2D eigenvalue weighted by atomic mass is 19.1. The average molecular weight is 248 g/mol. The summed E-state index contributed by atoms with van der Waals surface area (Å²) in [6.45, 7) is 0.797. The Bertz CT molecular complexity index is 549. The highest BCUT2D eigenvalue weighted by molar-refractivity contribution is 5.38. The van der Waals surface area contributed by atoms with Gasteiger partial charge in [-0.25, -0.2) is 9.07 Å². The van der Waals surface area contributed by atoms with Crippen molar-refractivity contribution in [1.82, 2.24) is 19.7 Å². The van der Waals surface area contributed by atoms with E-state index < -0.39 is 0 Å². The van der Waals surface area contributed by atoms with Crippen molar-refractivity contribution in [3.8, 4) is 0 Å². The molecule has 18 heavy (non-hydrogen) atoms. The highest BCUT2D eigenvalue weighted by Crippen LogP contribution is 2.27. The Morgan fingerprint density at radius 2 is 2.39 bits per heavy atom. The van der Waals surface area contributed by atoms with E-state index in [4.69, 9.17) is 0 Å². The van der Waals surface area contributed by atoms with Gasteiger partial charge < -0.3 is 10.6 Å². The van der Waals surface area contributed by atoms with Crippen LogP contribution in [-0.4, -0.2) is 33.3 Å². The van der Waals surface area contributed by atoms with E-state index in [2.05, 4.69) is 25.7 Å². The molecule has 94 valence electrons. The van der Waals surface area contributed by atoms with E-state index in [-0.39, 0.29) is 11.9 Å². The van der Waals surface area contributed by atoms with Crippen LogP contribution in [0.25, 0.3) is 0 Å². The van der Waals surface area contributed by atoms with Gasteiger partial charge in [-0.15, -0.1) is 5.10 Å². The zero-order valence-corrected chi connectivity index (χ0v) is 9.89. The summed E-state index contributed by atoms with van der Waals surface area (Å²) in [5.41, 5.74) is 0.798. The van der Waals surface area contributed by atoms with E-state index in [1.165, 1.54) is 12.3 Å². The zero-order valence-electron chi connectivity index (χ0n) is 9.89. The van der Waals surface area contributed by atoms with Crippen molar-refractivity contribution < 1.29 is 4.39 Å². The van der Waals surface area contributed by atoms with Crippen LogP contribution in [0.15, 0.2) is 18.3 Å². The lowest BCUT2D eigenvalue weighted by atomic mass is 10.1. The topological polar surface area (TPSA) is 67.7 Å². The third kappa shape index (κ3) is 1.77. The van der Waals surface area contributed by atoms with Gasteiger partial charge in [-0.2, -0.15) is 4.98 Å². The van der Waals surface area contributed by atoms with Crippen molar-refractivity contribution in [1.29, 1.82) is 0 Å². The monoisotopic (exact) mass is 248 g/mol. The third-order valence-electron chi connectivity index (χ3n) is 2.94. The summed E-state index contributed by atoms with van der Waals surface area (Å²) >= 11 is 0. The number of hydrogen-bond acceptors (Lipinski definition) is 5. The second-order valence-electron chi connectivity index (χ2n) is 4.09. The zero-order chi connectivity index (χ0) is 12.5. The number of rotatable bonds is 2. The second-order valence-corrected chi connectivity index (χ2v) is 4.09. The largest absolute Gasteiger partial charge is 0.356 e. The van der Waals surface area contributed by atoms with E-state index in [1.54, 1.807) is 17.8 Å². The smallest absolute Gasteiger partial charge is 0.243 e. The summed E-state index contributed by atoms with van der Waals surface area (Å²) in [5.74, 6) is 0.940. The SMILES string of the molecule is CNc1nc2n(n1)C(c1ccc(F)cn1)CCN2. The molecule has 0 amide bonds. The fourth-order valence-electron chi connectivity index (χ4n) is 2.07. The Kier molecular flexibility index (Phi) is 2.58. The van der Waals surface area contributed by atoms with Crippen LogP contribution in [0, 0.1) is 5.82 Å². The van der Waals surface area contributed by atoms with E-state index >= 15 is 0 Å². The van der Waals surface area contributed by atoms with Gasteiger partial charge in [0.1, 0.15) is 5.82 Å². The summed E-state index contributed by atoms with van der Waals surface area (Å²) in [7, 11) is 1.77. The Hall–Kier alpha value is -2.18. The molecule has 3 rings (SSSR count). The second kappa shape index (κ2) is 4.25. The first-order chi connectivity index (χ1) is 8.78. The molecule has 0 fully saturated rings. The molecule has 1 unspecified atom stereocenters. The summed E-state index contributed by atoms with van der Waals surface area (Å²) in [6, 6.07) is 3.10. The molecule has 0 bridgehead atoms. The Labute approximate surface area is 103 Å². The summed E-state index contributed by atoms with van der Waals surface area (Å²) in [4.78, 5) is 8.41. The number of pyridine rings is 1. The molecule has 6 nitrogen and oxygen atoms in total. The van der Waals surface area contributed by atoms with E-state index in [0.717, 1.165) is 18.7 Å². The van der Waals surface area contributed by atoms with Crippen LogP contribution in [0.1, 0.15) is 18.2 Å². The number of aromatic nitrogens is 4. The first-order valence-corrected chi connectivity index (χ1v) is 5.77. The van der Waals surface area contributed by atoms with Crippen molar-refractivity contribution in [2.75, 3.05) is 24.2 Å². The van der Waals surface area contributed by atoms with Crippen LogP contribution in [0.5, 0.6) is 0 Å². The Balaban J connectivity index is 2.00. The summed E-state index contributed by atoms with van der Waals surface area (Å²) < 4.78 is 14.7. The fraction of sp³-hybridized carbons (Fsp3) is 0.364. The van der Waals surface area contributed by atoms with Crippen molar-refractivity contribution in [2.45, 2.75) is 12.5 Å². The number of halogens is 1. The van der Waals surface area contributed by atoms with Crippen LogP contribution >= 0.6 is 0 Å². The maximum absolute atomic E-state index is 12.9. The lowest BCUT2D eigenvalue weighted by molar-refractivity contribution is 0.469. The number of fused-ring (bicyclic) bond motifs is 1. The maximum Gasteiger partial charge on any atom is 0.243 e. The van der Waals surface area contributed by atoms with E-state index in [0.29, 0.717) is 11.9 Å². The van der Waals surface area contributed by atoms with Gasteiger partial charge in [0, 0.05) is 13.6 Å². The van der Waals surface area contributed by atoms with Gasteiger partial charge in [-0.05, 0) is 18.6 Å². The van der Waals surface area contributed by atoms with Crippen LogP contribution in [0.2, 0.25) is 0 Å². The molecule has 7 heteroatoms. The summed E-state index contributed by atoms with van der Waals surface area (Å²) in [6.07, 6.45) is 2.07. The molecule has 0 saturated heterocycles. The molecular weight excluding hydrogens is 235 g/mol. The Morgan fingerprint density at radius 3 is 3.11 bits per heavy atom. The molecular formula is C11H13FN6. The molecule has 3 heterocycles. The molecule has 1 atom stereocenters. The van der Waals surface area contributed by atoms with Crippen LogP contribution in [0.4, 0.5) is 16.3 Å². The van der Waals surface area contributed by atoms with Crippen LogP contribution in [0.3, 0.4) is 0 Å². The van der Waals surface area contributed by atoms with Crippen molar-refractivity contribution in [3.63, 3.8) is 0 Å². The highest BCUT2D eigenvalue weighted by Gasteiger charge is 2.25. The van der Waals surface area contributed by atoms with Gasteiger partial charge in [0.05, 0.1) is 17.9 Å². The minimum Gasteiger partial charge on any atom is -0.356 e. The molecule has 0 aromatic carbocycles. The van der Waals surface area contributed by atoms with Crippen molar-refractivity contribution >= 4 is 11.9 Å². The molecule has 2 N–H and O–H groups in total. The predicted octanol–water partition coefficient (Wildman–Crippen LogP) is 1.26. The molecule has 0 aliphatic carbocycles. The van der Waals surface area contributed by atoms with Crippen LogP contribution in [-0.2, 0) is 0 Å². The quantitative estimate of drug-likeness (QED) is 0.837. The Morgan fingerprint density at radius 1 is 1.50 bits per heavy atom. The first kappa shape index (κ1) is 10.9. The van der Waals surface area contributed by atoms with E-state index in [1.807, 2.05) is 0 Å². The minimum absolute atomic E-state index is 0.00329. The predicted molar refractivity (Wildman–Crippen MR) is 65.0 cm³/mol. The van der Waals surface area contributed by atoms with Gasteiger partial charge in [0.2, 0.25) is 11.9 Å². The van der Waals surface area contributed by atoms with Gasteiger partial charge in [-0.3, -0.25) is 4.98 Å². The first-order valence-electron chi connectivity index (χ1n) is 5.77. The van der Waals surface area contributed by atoms with Gasteiger partial charge in [-0.1, -0.05) is 0 Å². The number of hydrogen-bond donors (Lipinski definition) is 2. The average Bonchev–Trinajstić information content (AvgIpc) is 2.82. The van der Waals surface area contributed by atoms with Crippen molar-refractivity contribution in [2.24, 2.45) is 0 Å². The lowest BCUT2D eigenvalue weighted by Gasteiger charge is -2.23. The number of nitrogens with zero attached hydrogens (tertiary/aromatic N) is 4. The minimum atomic E-state index is -0.331. The van der Waals surface area contributed by atoms with Gasteiger partial charge in [0.15, 0.2) is 0 Å². The molecule has 2 aromatic rings. The molecule has 1 aliphatic heterocycles. The third-order valence-corrected chi connectivity index (χ3v) is 2.94. The van der Waals surface area contributed by atoms with Crippen LogP contribution < -0.4 is 10.6 Å². The fourth-order valence-corrected chi connectivity index (χ4v) is 2.07. The normalized spacial score (nSPS) is 18.0. The molecule has 0 radical (unpaired) electrons. The molecule has 0 saturated carbocycles. The number of anilines is 2. The molecule has 0 spiro atoms. The summed E-state index contributed by atoms with van der Waals surface area (Å²) in [5, 5.41) is 10.4. The molecule has 1 aliphatic rings. The standard InChI is InChI=1S/C11H13FN6/c1-13-10-16-11-14-5-4-9(18(11)17-10)8-3-2-7(12)6-15-8/h2-3,6,9H,4-5H2,1H3,(H2,13,14,16,17).